The van der Waals surface area contributed by atoms with Crippen LogP contribution >= 0.6 is 15.9 Å². The van der Waals surface area contributed by atoms with Gasteiger partial charge in [-0.1, -0.05) is 0 Å². The van der Waals surface area contributed by atoms with Gasteiger partial charge in [0.2, 0.25) is 0 Å². The van der Waals surface area contributed by atoms with Crippen molar-refractivity contribution >= 4 is 39.0 Å². The van der Waals surface area contributed by atoms with E-state index >= 15 is 0 Å². The molecule has 2 aromatic carbocycles. The number of hydrogen-bond acceptors (Lipinski definition) is 4. The van der Waals surface area contributed by atoms with Gasteiger partial charge >= 0.3 is 5.97 Å². The van der Waals surface area contributed by atoms with Crippen molar-refractivity contribution < 1.29 is 19.2 Å². The molecular formula is C13H8BrFN2O4. The molecular weight excluding hydrogens is 347 g/mol. The average Bonchev–Trinajstić information content (AvgIpc) is 2.43. The maximum atomic E-state index is 13.4. The van der Waals surface area contributed by atoms with Crippen molar-refractivity contribution in [2.24, 2.45) is 0 Å². The van der Waals surface area contributed by atoms with Crippen LogP contribution in [0.1, 0.15) is 10.4 Å². The van der Waals surface area contributed by atoms with Crippen LogP contribution in [0, 0.1) is 15.9 Å². The quantitative estimate of drug-likeness (QED) is 0.640. The first-order chi connectivity index (χ1) is 9.88. The highest BCUT2D eigenvalue weighted by Gasteiger charge is 2.16. The van der Waals surface area contributed by atoms with Crippen LogP contribution in [0.5, 0.6) is 0 Å². The molecule has 0 aliphatic heterocycles. The van der Waals surface area contributed by atoms with Crippen molar-refractivity contribution in [1.29, 1.82) is 0 Å². The predicted octanol–water partition coefficient (Wildman–Crippen LogP) is 3.94. The van der Waals surface area contributed by atoms with Gasteiger partial charge in [-0.2, -0.15) is 0 Å². The number of halogens is 2. The van der Waals surface area contributed by atoms with Crippen LogP contribution in [0.3, 0.4) is 0 Å². The minimum atomic E-state index is -1.32. The number of carboxylic acids is 1. The smallest absolute Gasteiger partial charge is 0.338 e. The summed E-state index contributed by atoms with van der Waals surface area (Å²) in [6.07, 6.45) is 0. The van der Waals surface area contributed by atoms with E-state index in [9.17, 15) is 19.3 Å². The first-order valence-corrected chi connectivity index (χ1v) is 6.41. The van der Waals surface area contributed by atoms with Gasteiger partial charge < -0.3 is 10.4 Å². The van der Waals surface area contributed by atoms with Crippen LogP contribution in [0.4, 0.5) is 21.5 Å². The van der Waals surface area contributed by atoms with E-state index in [1.54, 1.807) is 6.07 Å². The van der Waals surface area contributed by atoms with Gasteiger partial charge in [0.05, 0.1) is 20.6 Å². The monoisotopic (exact) mass is 354 g/mol. The Morgan fingerprint density at radius 2 is 2.00 bits per heavy atom. The molecule has 0 aromatic heterocycles. The second kappa shape index (κ2) is 5.88. The zero-order valence-electron chi connectivity index (χ0n) is 10.3. The standard InChI is InChI=1S/C13H8BrFN2O4/c14-10-3-1-7(5-11(10)15)16-12-4-2-8(17(20)21)6-9(12)13(18)19/h1-6,16H,(H,18,19). The molecule has 0 aliphatic carbocycles. The summed E-state index contributed by atoms with van der Waals surface area (Å²) in [6, 6.07) is 7.56. The number of rotatable bonds is 4. The maximum absolute atomic E-state index is 13.4. The fraction of sp³-hybridized carbons (Fsp3) is 0. The fourth-order valence-corrected chi connectivity index (χ4v) is 1.91. The van der Waals surface area contributed by atoms with Crippen molar-refractivity contribution in [3.63, 3.8) is 0 Å². The summed E-state index contributed by atoms with van der Waals surface area (Å²) in [4.78, 5) is 21.1. The summed E-state index contributed by atoms with van der Waals surface area (Å²) in [5.74, 6) is -1.84. The van der Waals surface area contributed by atoms with Crippen LogP contribution in [0.15, 0.2) is 40.9 Å². The molecule has 6 nitrogen and oxygen atoms in total. The molecule has 0 unspecified atom stereocenters. The van der Waals surface area contributed by atoms with Gasteiger partial charge in [0.25, 0.3) is 5.69 Å². The molecule has 8 heteroatoms. The van der Waals surface area contributed by atoms with E-state index < -0.39 is 16.7 Å². The Labute approximate surface area is 126 Å². The third-order valence-corrected chi connectivity index (χ3v) is 3.29. The summed E-state index contributed by atoms with van der Waals surface area (Å²) in [5.41, 5.74) is -0.144. The average molecular weight is 355 g/mol. The van der Waals surface area contributed by atoms with Crippen LogP contribution in [-0.4, -0.2) is 16.0 Å². The lowest BCUT2D eigenvalue weighted by molar-refractivity contribution is -0.384. The molecule has 0 amide bonds. The second-order valence-corrected chi connectivity index (χ2v) is 4.90. The van der Waals surface area contributed by atoms with Crippen molar-refractivity contribution in [2.45, 2.75) is 0 Å². The van der Waals surface area contributed by atoms with Crippen LogP contribution in [-0.2, 0) is 0 Å². The number of anilines is 2. The minimum absolute atomic E-state index is 0.134. The Balaban J connectivity index is 2.41. The van der Waals surface area contributed by atoms with Gasteiger partial charge in [-0.25, -0.2) is 9.18 Å². The summed E-state index contributed by atoms with van der Waals surface area (Å²) in [7, 11) is 0. The Hall–Kier alpha value is -2.48. The van der Waals surface area contributed by atoms with Crippen molar-refractivity contribution in [2.75, 3.05) is 5.32 Å². The highest BCUT2D eigenvalue weighted by atomic mass is 79.9. The summed E-state index contributed by atoms with van der Waals surface area (Å²) in [6.45, 7) is 0. The highest BCUT2D eigenvalue weighted by Crippen LogP contribution is 2.27. The molecule has 2 rings (SSSR count). The first-order valence-electron chi connectivity index (χ1n) is 5.62. The van der Waals surface area contributed by atoms with Gasteiger partial charge in [0.15, 0.2) is 0 Å². The molecule has 0 saturated carbocycles. The van der Waals surface area contributed by atoms with E-state index in [1.165, 1.54) is 24.3 Å². The van der Waals surface area contributed by atoms with Gasteiger partial charge in [0, 0.05) is 17.8 Å². The lowest BCUT2D eigenvalue weighted by atomic mass is 10.1. The van der Waals surface area contributed by atoms with Crippen LogP contribution < -0.4 is 5.32 Å². The molecule has 0 bridgehead atoms. The Morgan fingerprint density at radius 1 is 1.29 bits per heavy atom. The largest absolute Gasteiger partial charge is 0.478 e. The molecule has 0 spiro atoms. The first kappa shape index (κ1) is 14.9. The van der Waals surface area contributed by atoms with Gasteiger partial charge in [-0.05, 0) is 40.2 Å². The number of nitro groups is 1. The number of aromatic carboxylic acids is 1. The molecule has 2 aromatic rings. The molecule has 0 aliphatic rings. The van der Waals surface area contributed by atoms with Gasteiger partial charge in [-0.3, -0.25) is 10.1 Å². The normalized spacial score (nSPS) is 10.2. The SMILES string of the molecule is O=C(O)c1cc([N+](=O)[O-])ccc1Nc1ccc(Br)c(F)c1. The van der Waals surface area contributed by atoms with E-state index in [0.29, 0.717) is 5.69 Å². The molecule has 0 atom stereocenters. The van der Waals surface area contributed by atoms with E-state index in [4.69, 9.17) is 5.11 Å². The Bertz CT molecular complexity index is 736. The van der Waals surface area contributed by atoms with Crippen molar-refractivity contribution in [3.05, 3.63) is 62.4 Å². The van der Waals surface area contributed by atoms with Crippen LogP contribution in [0.25, 0.3) is 0 Å². The summed E-state index contributed by atoms with van der Waals surface area (Å²) < 4.78 is 13.7. The van der Waals surface area contributed by atoms with E-state index in [1.807, 2.05) is 0 Å². The predicted molar refractivity (Wildman–Crippen MR) is 77.4 cm³/mol. The number of nitrogens with zero attached hydrogens (tertiary/aromatic N) is 1. The molecule has 0 heterocycles. The molecule has 2 N–H and O–H groups in total. The topological polar surface area (TPSA) is 92.5 Å². The third-order valence-electron chi connectivity index (χ3n) is 2.64. The maximum Gasteiger partial charge on any atom is 0.338 e. The van der Waals surface area contributed by atoms with Crippen LogP contribution in [0.2, 0.25) is 0 Å². The third kappa shape index (κ3) is 3.34. The number of carbonyl (C=O) groups is 1. The molecule has 21 heavy (non-hydrogen) atoms. The van der Waals surface area contributed by atoms with E-state index in [2.05, 4.69) is 21.2 Å². The number of nitro benzene ring substituents is 1. The number of carboxylic acid groups (broad SMARTS) is 1. The molecule has 108 valence electrons. The van der Waals surface area contributed by atoms with Gasteiger partial charge in [0.1, 0.15) is 5.82 Å². The fourth-order valence-electron chi connectivity index (χ4n) is 1.66. The zero-order chi connectivity index (χ0) is 15.6. The van der Waals surface area contributed by atoms with E-state index in [0.717, 1.165) is 6.07 Å². The van der Waals surface area contributed by atoms with E-state index in [-0.39, 0.29) is 21.4 Å². The van der Waals surface area contributed by atoms with Crippen molar-refractivity contribution in [1.82, 2.24) is 0 Å². The summed E-state index contributed by atoms with van der Waals surface area (Å²) in [5, 5.41) is 22.5. The molecule has 0 saturated heterocycles. The van der Waals surface area contributed by atoms with Crippen molar-refractivity contribution in [3.8, 4) is 0 Å². The Morgan fingerprint density at radius 3 is 2.57 bits per heavy atom. The van der Waals surface area contributed by atoms with Gasteiger partial charge in [-0.15, -0.1) is 0 Å². The zero-order valence-corrected chi connectivity index (χ0v) is 11.9. The number of nitrogens with one attached hydrogen (secondary N) is 1. The lowest BCUT2D eigenvalue weighted by Gasteiger charge is -2.10. The minimum Gasteiger partial charge on any atom is -0.478 e. The lowest BCUT2D eigenvalue weighted by Crippen LogP contribution is -2.04. The highest BCUT2D eigenvalue weighted by molar-refractivity contribution is 9.10. The molecule has 0 radical (unpaired) electrons. The second-order valence-electron chi connectivity index (χ2n) is 4.05. The summed E-state index contributed by atoms with van der Waals surface area (Å²) >= 11 is 3.01. The number of non-ortho nitro benzene ring substituents is 1. The number of benzene rings is 2. The Kier molecular flexibility index (Phi) is 4.18. The number of hydrogen-bond donors (Lipinski definition) is 2. The molecule has 0 fully saturated rings.